The second-order valence-corrected chi connectivity index (χ2v) is 6.44. The minimum Gasteiger partial charge on any atom is -0.465 e. The Morgan fingerprint density at radius 3 is 2.50 bits per heavy atom. The van der Waals surface area contributed by atoms with E-state index in [1.165, 1.54) is 19.4 Å². The molecule has 0 aromatic heterocycles. The van der Waals surface area contributed by atoms with E-state index in [4.69, 9.17) is 4.74 Å². The Kier molecular flexibility index (Phi) is 6.96. The zero-order chi connectivity index (χ0) is 15.2. The highest BCUT2D eigenvalue weighted by atomic mass is 16.5. The summed E-state index contributed by atoms with van der Waals surface area (Å²) in [5, 5.41) is 3.39. The molecule has 1 aliphatic rings. The standard InChI is InChI=1S/C16H32N2O2/c1-6-18(12-14-8-9-14)11-10-16(5,17-13(3)4)15(19)20-7-2/h13-14,17H,6-12H2,1-5H3. The predicted molar refractivity (Wildman–Crippen MR) is 82.8 cm³/mol. The van der Waals surface area contributed by atoms with Gasteiger partial charge in [-0.25, -0.2) is 0 Å². The molecule has 1 fully saturated rings. The lowest BCUT2D eigenvalue weighted by molar-refractivity contribution is -0.151. The van der Waals surface area contributed by atoms with Crippen LogP contribution in [-0.2, 0) is 9.53 Å². The van der Waals surface area contributed by atoms with E-state index < -0.39 is 5.54 Å². The van der Waals surface area contributed by atoms with Crippen molar-refractivity contribution < 1.29 is 9.53 Å². The van der Waals surface area contributed by atoms with Crippen LogP contribution in [0, 0.1) is 5.92 Å². The van der Waals surface area contributed by atoms with Crippen LogP contribution in [0.1, 0.15) is 53.9 Å². The first kappa shape index (κ1) is 17.4. The second-order valence-electron chi connectivity index (χ2n) is 6.44. The van der Waals surface area contributed by atoms with Crippen LogP contribution in [0.3, 0.4) is 0 Å². The molecule has 1 rings (SSSR count). The van der Waals surface area contributed by atoms with Gasteiger partial charge in [-0.2, -0.15) is 0 Å². The Bertz CT molecular complexity index is 303. The fraction of sp³-hybridized carbons (Fsp3) is 0.938. The zero-order valence-corrected chi connectivity index (χ0v) is 13.9. The first-order valence-corrected chi connectivity index (χ1v) is 8.08. The smallest absolute Gasteiger partial charge is 0.326 e. The molecular formula is C16H32N2O2. The van der Waals surface area contributed by atoms with E-state index in [2.05, 4.69) is 31.0 Å². The maximum absolute atomic E-state index is 12.2. The Morgan fingerprint density at radius 2 is 2.05 bits per heavy atom. The highest BCUT2D eigenvalue weighted by molar-refractivity contribution is 5.80. The molecule has 0 radical (unpaired) electrons. The van der Waals surface area contributed by atoms with E-state index in [1.54, 1.807) is 0 Å². The quantitative estimate of drug-likeness (QED) is 0.626. The lowest BCUT2D eigenvalue weighted by Gasteiger charge is -2.33. The van der Waals surface area contributed by atoms with Crippen molar-refractivity contribution in [3.05, 3.63) is 0 Å². The molecule has 0 bridgehead atoms. The molecule has 0 aliphatic heterocycles. The van der Waals surface area contributed by atoms with Crippen LogP contribution in [-0.4, -0.2) is 48.7 Å². The molecular weight excluding hydrogens is 252 g/mol. The van der Waals surface area contributed by atoms with Crippen molar-refractivity contribution in [3.63, 3.8) is 0 Å². The number of esters is 1. The Labute approximate surface area is 124 Å². The summed E-state index contributed by atoms with van der Waals surface area (Å²) in [6.07, 6.45) is 3.54. The van der Waals surface area contributed by atoms with Gasteiger partial charge in [-0.1, -0.05) is 6.92 Å². The summed E-state index contributed by atoms with van der Waals surface area (Å²) in [5.74, 6) is 0.762. The summed E-state index contributed by atoms with van der Waals surface area (Å²) >= 11 is 0. The molecule has 1 aliphatic carbocycles. The van der Waals surface area contributed by atoms with Crippen LogP contribution >= 0.6 is 0 Å². The summed E-state index contributed by atoms with van der Waals surface area (Å²) in [4.78, 5) is 14.7. The molecule has 1 N–H and O–H groups in total. The molecule has 4 heteroatoms. The van der Waals surface area contributed by atoms with Crippen molar-refractivity contribution in [1.29, 1.82) is 0 Å². The number of carbonyl (C=O) groups is 1. The van der Waals surface area contributed by atoms with Crippen LogP contribution in [0.2, 0.25) is 0 Å². The van der Waals surface area contributed by atoms with Crippen LogP contribution < -0.4 is 5.32 Å². The van der Waals surface area contributed by atoms with E-state index in [1.807, 2.05) is 13.8 Å². The van der Waals surface area contributed by atoms with Gasteiger partial charge >= 0.3 is 5.97 Å². The number of ether oxygens (including phenoxy) is 1. The third-order valence-electron chi connectivity index (χ3n) is 3.92. The number of carbonyl (C=O) groups excluding carboxylic acids is 1. The van der Waals surface area contributed by atoms with E-state index in [9.17, 15) is 4.79 Å². The summed E-state index contributed by atoms with van der Waals surface area (Å²) in [6, 6.07) is 0.267. The molecule has 0 spiro atoms. The average molecular weight is 284 g/mol. The van der Waals surface area contributed by atoms with E-state index in [-0.39, 0.29) is 12.0 Å². The molecule has 20 heavy (non-hydrogen) atoms. The molecule has 0 amide bonds. The molecule has 0 aromatic rings. The number of hydrogen-bond donors (Lipinski definition) is 1. The summed E-state index contributed by atoms with van der Waals surface area (Å²) in [6.45, 7) is 13.8. The average Bonchev–Trinajstić information content (AvgIpc) is 3.17. The van der Waals surface area contributed by atoms with E-state index in [0.29, 0.717) is 6.61 Å². The molecule has 1 atom stereocenters. The third kappa shape index (κ3) is 5.80. The number of rotatable bonds is 10. The van der Waals surface area contributed by atoms with Gasteiger partial charge in [0.2, 0.25) is 0 Å². The van der Waals surface area contributed by atoms with Crippen LogP contribution in [0.15, 0.2) is 0 Å². The molecule has 0 heterocycles. The first-order chi connectivity index (χ1) is 9.41. The van der Waals surface area contributed by atoms with Gasteiger partial charge in [0.25, 0.3) is 0 Å². The lowest BCUT2D eigenvalue weighted by atomic mass is 9.96. The second kappa shape index (κ2) is 7.99. The molecule has 118 valence electrons. The largest absolute Gasteiger partial charge is 0.465 e. The lowest BCUT2D eigenvalue weighted by Crippen LogP contribution is -2.54. The molecule has 1 unspecified atom stereocenters. The van der Waals surface area contributed by atoms with Gasteiger partial charge in [0.1, 0.15) is 5.54 Å². The van der Waals surface area contributed by atoms with Crippen molar-refractivity contribution >= 4 is 5.97 Å². The Morgan fingerprint density at radius 1 is 1.40 bits per heavy atom. The molecule has 4 nitrogen and oxygen atoms in total. The minimum absolute atomic E-state index is 0.129. The predicted octanol–water partition coefficient (Wildman–Crippen LogP) is 2.43. The minimum atomic E-state index is -0.582. The maximum atomic E-state index is 12.2. The topological polar surface area (TPSA) is 41.6 Å². The first-order valence-electron chi connectivity index (χ1n) is 8.08. The van der Waals surface area contributed by atoms with E-state index >= 15 is 0 Å². The van der Waals surface area contributed by atoms with Crippen molar-refractivity contribution in [2.24, 2.45) is 5.92 Å². The summed E-state index contributed by atoms with van der Waals surface area (Å²) in [7, 11) is 0. The van der Waals surface area contributed by atoms with Gasteiger partial charge in [0, 0.05) is 19.1 Å². The number of hydrogen-bond acceptors (Lipinski definition) is 4. The van der Waals surface area contributed by atoms with Gasteiger partial charge in [-0.05, 0) is 59.4 Å². The normalized spacial score (nSPS) is 18.4. The van der Waals surface area contributed by atoms with Crippen molar-refractivity contribution in [2.75, 3.05) is 26.2 Å². The maximum Gasteiger partial charge on any atom is 0.326 e. The van der Waals surface area contributed by atoms with E-state index in [0.717, 1.165) is 25.4 Å². The number of nitrogens with zero attached hydrogens (tertiary/aromatic N) is 1. The molecule has 0 aromatic carbocycles. The number of nitrogens with one attached hydrogen (secondary N) is 1. The van der Waals surface area contributed by atoms with Gasteiger partial charge in [0.05, 0.1) is 6.61 Å². The fourth-order valence-electron chi connectivity index (χ4n) is 2.59. The van der Waals surface area contributed by atoms with Crippen molar-refractivity contribution in [2.45, 2.75) is 65.5 Å². The summed E-state index contributed by atoms with van der Waals surface area (Å²) < 4.78 is 5.25. The Balaban J connectivity index is 2.55. The van der Waals surface area contributed by atoms with Gasteiger partial charge in [-0.3, -0.25) is 10.1 Å². The van der Waals surface area contributed by atoms with Crippen LogP contribution in [0.5, 0.6) is 0 Å². The van der Waals surface area contributed by atoms with Crippen LogP contribution in [0.4, 0.5) is 0 Å². The van der Waals surface area contributed by atoms with Gasteiger partial charge in [0.15, 0.2) is 0 Å². The van der Waals surface area contributed by atoms with Gasteiger partial charge in [-0.15, -0.1) is 0 Å². The highest BCUT2D eigenvalue weighted by Gasteiger charge is 2.35. The van der Waals surface area contributed by atoms with Gasteiger partial charge < -0.3 is 9.64 Å². The monoisotopic (exact) mass is 284 g/mol. The molecule has 1 saturated carbocycles. The molecule has 0 saturated heterocycles. The SMILES string of the molecule is CCOC(=O)C(C)(CCN(CC)CC1CC1)NC(C)C. The highest BCUT2D eigenvalue weighted by Crippen LogP contribution is 2.30. The zero-order valence-electron chi connectivity index (χ0n) is 13.9. The third-order valence-corrected chi connectivity index (χ3v) is 3.92. The van der Waals surface area contributed by atoms with Crippen molar-refractivity contribution in [1.82, 2.24) is 10.2 Å². The Hall–Kier alpha value is -0.610. The summed E-state index contributed by atoms with van der Waals surface area (Å²) in [5.41, 5.74) is -0.582. The van der Waals surface area contributed by atoms with Crippen molar-refractivity contribution in [3.8, 4) is 0 Å². The fourth-order valence-corrected chi connectivity index (χ4v) is 2.59. The van der Waals surface area contributed by atoms with Crippen LogP contribution in [0.25, 0.3) is 0 Å².